The van der Waals surface area contributed by atoms with Crippen LogP contribution in [0, 0.1) is 5.41 Å². The van der Waals surface area contributed by atoms with Crippen LogP contribution in [-0.2, 0) is 11.2 Å². The highest BCUT2D eigenvalue weighted by atomic mass is 16.5. The minimum absolute atomic E-state index is 0.0799. The van der Waals surface area contributed by atoms with Crippen molar-refractivity contribution in [2.45, 2.75) is 19.8 Å². The van der Waals surface area contributed by atoms with E-state index in [0.717, 1.165) is 36.0 Å². The highest BCUT2D eigenvalue weighted by Gasteiger charge is 2.45. The first-order valence-corrected chi connectivity index (χ1v) is 6.39. The van der Waals surface area contributed by atoms with Crippen LogP contribution in [0.3, 0.4) is 0 Å². The molecule has 19 heavy (non-hydrogen) atoms. The van der Waals surface area contributed by atoms with Gasteiger partial charge in [0.2, 0.25) is 0 Å². The minimum atomic E-state index is -0.354. The number of methoxy groups -OCH3 is 1. The maximum Gasteiger partial charge on any atom is 0.186 e. The van der Waals surface area contributed by atoms with Gasteiger partial charge in [0, 0.05) is 11.0 Å². The Hall–Kier alpha value is -2.03. The Kier molecular flexibility index (Phi) is 2.52. The summed E-state index contributed by atoms with van der Waals surface area (Å²) in [7, 11) is 1.65. The lowest BCUT2D eigenvalue weighted by molar-refractivity contribution is -0.111. The maximum atomic E-state index is 12.0. The number of carbonyl (C=O) groups excluding carboxylic acids is 1. The van der Waals surface area contributed by atoms with Crippen LogP contribution in [0.25, 0.3) is 5.57 Å². The van der Waals surface area contributed by atoms with Crippen LogP contribution in [-0.4, -0.2) is 18.0 Å². The number of carbonyl (C=O) groups is 1. The van der Waals surface area contributed by atoms with Gasteiger partial charge in [0.1, 0.15) is 5.75 Å². The van der Waals surface area contributed by atoms with Crippen LogP contribution in [0.4, 0.5) is 0 Å². The number of allylic oxidation sites excluding steroid dienone is 3. The number of hydrogen-bond acceptors (Lipinski definition) is 3. The Morgan fingerprint density at radius 1 is 1.42 bits per heavy atom. The largest absolute Gasteiger partial charge is 0.515 e. The van der Waals surface area contributed by atoms with E-state index < -0.39 is 0 Å². The van der Waals surface area contributed by atoms with Gasteiger partial charge in [0.05, 0.1) is 13.4 Å². The molecule has 0 amide bonds. The number of ether oxygens (including phenoxy) is 1. The molecule has 98 valence electrons. The number of aryl methyl sites for hydroxylation is 1. The Bertz CT molecular complexity index is 625. The van der Waals surface area contributed by atoms with Crippen LogP contribution >= 0.6 is 0 Å². The van der Waals surface area contributed by atoms with E-state index in [-0.39, 0.29) is 11.2 Å². The van der Waals surface area contributed by atoms with Gasteiger partial charge in [-0.3, -0.25) is 4.79 Å². The van der Waals surface area contributed by atoms with Crippen molar-refractivity contribution in [3.8, 4) is 5.75 Å². The lowest BCUT2D eigenvalue weighted by Crippen LogP contribution is -2.25. The molecule has 3 nitrogen and oxygen atoms in total. The monoisotopic (exact) mass is 256 g/mol. The summed E-state index contributed by atoms with van der Waals surface area (Å²) in [5.41, 5.74) is 3.47. The first kappa shape index (κ1) is 12.0. The number of benzene rings is 1. The molecular weight excluding hydrogens is 240 g/mol. The minimum Gasteiger partial charge on any atom is -0.515 e. The maximum absolute atomic E-state index is 12.0. The molecule has 0 heterocycles. The Morgan fingerprint density at radius 2 is 2.21 bits per heavy atom. The first-order valence-electron chi connectivity index (χ1n) is 6.39. The third-order valence-electron chi connectivity index (χ3n) is 4.36. The predicted molar refractivity (Wildman–Crippen MR) is 73.1 cm³/mol. The smallest absolute Gasteiger partial charge is 0.186 e. The van der Waals surface area contributed by atoms with E-state index in [1.165, 1.54) is 5.56 Å². The highest BCUT2D eigenvalue weighted by Crippen LogP contribution is 2.53. The molecule has 0 saturated carbocycles. The van der Waals surface area contributed by atoms with Crippen LogP contribution in [0.1, 0.15) is 24.5 Å². The van der Waals surface area contributed by atoms with Crippen LogP contribution in [0.2, 0.25) is 0 Å². The van der Waals surface area contributed by atoms with Gasteiger partial charge in [-0.15, -0.1) is 0 Å². The molecule has 0 spiro atoms. The van der Waals surface area contributed by atoms with E-state index in [0.29, 0.717) is 5.57 Å². The van der Waals surface area contributed by atoms with E-state index in [1.54, 1.807) is 13.2 Å². The molecule has 0 fully saturated rings. The zero-order chi connectivity index (χ0) is 13.6. The standard InChI is InChI=1S/C16H16O3/c1-16-6-5-10-7-11(19-2)3-4-12(10)13(16)8-15(18)14(16)9-17/h3-4,7-9,17H,5-6H2,1-2H3/b14-9+. The van der Waals surface area contributed by atoms with Gasteiger partial charge < -0.3 is 9.84 Å². The van der Waals surface area contributed by atoms with Gasteiger partial charge in [-0.1, -0.05) is 13.0 Å². The molecule has 2 aliphatic carbocycles. The fourth-order valence-corrected chi connectivity index (χ4v) is 3.19. The van der Waals surface area contributed by atoms with Gasteiger partial charge in [0.25, 0.3) is 0 Å². The van der Waals surface area contributed by atoms with Crippen LogP contribution < -0.4 is 4.74 Å². The van der Waals surface area contributed by atoms with Crippen LogP contribution in [0.5, 0.6) is 5.75 Å². The molecule has 1 aromatic carbocycles. The number of aliphatic hydroxyl groups excluding tert-OH is 1. The molecule has 1 unspecified atom stereocenters. The van der Waals surface area contributed by atoms with Crippen molar-refractivity contribution in [3.63, 3.8) is 0 Å². The molecular formula is C16H16O3. The number of rotatable bonds is 1. The van der Waals surface area contributed by atoms with Gasteiger partial charge in [-0.25, -0.2) is 0 Å². The van der Waals surface area contributed by atoms with Crippen molar-refractivity contribution in [2.75, 3.05) is 7.11 Å². The van der Waals surface area contributed by atoms with E-state index in [4.69, 9.17) is 4.74 Å². The predicted octanol–water partition coefficient (Wildman–Crippen LogP) is 3.06. The second kappa shape index (κ2) is 3.98. The molecule has 1 atom stereocenters. The summed E-state index contributed by atoms with van der Waals surface area (Å²) in [6.07, 6.45) is 4.34. The Labute approximate surface area is 112 Å². The van der Waals surface area contributed by atoms with Gasteiger partial charge in [0.15, 0.2) is 5.78 Å². The van der Waals surface area contributed by atoms with Crippen molar-refractivity contribution in [1.82, 2.24) is 0 Å². The number of fused-ring (bicyclic) bond motifs is 3. The van der Waals surface area contributed by atoms with Gasteiger partial charge >= 0.3 is 0 Å². The van der Waals surface area contributed by atoms with Crippen molar-refractivity contribution in [3.05, 3.63) is 47.2 Å². The topological polar surface area (TPSA) is 46.5 Å². The average Bonchev–Trinajstić information content (AvgIpc) is 2.68. The Morgan fingerprint density at radius 3 is 2.89 bits per heavy atom. The van der Waals surface area contributed by atoms with E-state index >= 15 is 0 Å². The van der Waals surface area contributed by atoms with Gasteiger partial charge in [-0.2, -0.15) is 0 Å². The molecule has 1 N–H and O–H groups in total. The van der Waals surface area contributed by atoms with E-state index in [9.17, 15) is 9.90 Å². The zero-order valence-corrected chi connectivity index (χ0v) is 11.1. The summed E-state index contributed by atoms with van der Waals surface area (Å²) >= 11 is 0. The normalized spacial score (nSPS) is 26.9. The summed E-state index contributed by atoms with van der Waals surface area (Å²) in [5, 5.41) is 9.33. The van der Waals surface area contributed by atoms with Crippen molar-refractivity contribution in [1.29, 1.82) is 0 Å². The molecule has 2 aliphatic rings. The third-order valence-corrected chi connectivity index (χ3v) is 4.36. The quantitative estimate of drug-likeness (QED) is 0.620. The second-order valence-corrected chi connectivity index (χ2v) is 5.32. The number of aliphatic hydroxyl groups is 1. The molecule has 1 aromatic rings. The van der Waals surface area contributed by atoms with E-state index in [2.05, 4.69) is 0 Å². The summed E-state index contributed by atoms with van der Waals surface area (Å²) in [4.78, 5) is 12.0. The number of hydrogen-bond donors (Lipinski definition) is 1. The highest BCUT2D eigenvalue weighted by molar-refractivity contribution is 6.16. The SMILES string of the molecule is COc1ccc2c(c1)CCC1(C)C2=CC(=O)/C1=C\O. The fraction of sp³-hybridized carbons (Fsp3) is 0.312. The summed E-state index contributed by atoms with van der Waals surface area (Å²) in [5.74, 6) is 0.758. The second-order valence-electron chi connectivity index (χ2n) is 5.32. The fourth-order valence-electron chi connectivity index (χ4n) is 3.19. The molecule has 3 heteroatoms. The van der Waals surface area contributed by atoms with Gasteiger partial charge in [-0.05, 0) is 47.8 Å². The van der Waals surface area contributed by atoms with E-state index in [1.807, 2.05) is 25.1 Å². The number of ketones is 1. The van der Waals surface area contributed by atoms with Crippen LogP contribution in [0.15, 0.2) is 36.1 Å². The third kappa shape index (κ3) is 1.54. The zero-order valence-electron chi connectivity index (χ0n) is 11.1. The summed E-state index contributed by atoms with van der Waals surface area (Å²) in [6.45, 7) is 2.03. The lowest BCUT2D eigenvalue weighted by atomic mass is 9.68. The summed E-state index contributed by atoms with van der Waals surface area (Å²) in [6, 6.07) is 5.95. The molecule has 0 saturated heterocycles. The summed E-state index contributed by atoms with van der Waals surface area (Å²) < 4.78 is 5.24. The molecule has 0 aromatic heterocycles. The molecule has 0 radical (unpaired) electrons. The average molecular weight is 256 g/mol. The molecule has 0 aliphatic heterocycles. The molecule has 3 rings (SSSR count). The Balaban J connectivity index is 2.16. The first-order chi connectivity index (χ1) is 9.10. The molecule has 0 bridgehead atoms. The van der Waals surface area contributed by atoms with Crippen molar-refractivity contribution >= 4 is 11.4 Å². The van der Waals surface area contributed by atoms with Crippen molar-refractivity contribution in [2.24, 2.45) is 5.41 Å². The van der Waals surface area contributed by atoms with Crippen molar-refractivity contribution < 1.29 is 14.6 Å². The lowest BCUT2D eigenvalue weighted by Gasteiger charge is -2.34.